The maximum absolute atomic E-state index is 12.8. The van der Waals surface area contributed by atoms with Gasteiger partial charge in [-0.3, -0.25) is 14.7 Å². The van der Waals surface area contributed by atoms with E-state index in [4.69, 9.17) is 5.11 Å². The predicted octanol–water partition coefficient (Wildman–Crippen LogP) is 2.17. The van der Waals surface area contributed by atoms with Crippen LogP contribution in [0.4, 0.5) is 0 Å². The van der Waals surface area contributed by atoms with Gasteiger partial charge in [0.15, 0.2) is 0 Å². The summed E-state index contributed by atoms with van der Waals surface area (Å²) in [5.74, 6) is 0.728. The number of aliphatic hydroxyl groups excluding tert-OH is 1. The number of aliphatic hydroxyl groups is 1. The van der Waals surface area contributed by atoms with Gasteiger partial charge < -0.3 is 10.0 Å². The smallest absolute Gasteiger partial charge is 0.255 e. The molecule has 1 N–H and O–H groups in total. The van der Waals surface area contributed by atoms with Crippen LogP contribution in [0.5, 0.6) is 0 Å². The molecule has 1 amide bonds. The van der Waals surface area contributed by atoms with Crippen molar-refractivity contribution in [3.8, 4) is 0 Å². The number of carbonyl (C=O) groups excluding carboxylic acids is 1. The lowest BCUT2D eigenvalue weighted by Crippen LogP contribution is -2.44. The van der Waals surface area contributed by atoms with Gasteiger partial charge in [-0.15, -0.1) is 0 Å². The molecule has 1 aromatic rings. The van der Waals surface area contributed by atoms with Crippen molar-refractivity contribution < 1.29 is 9.90 Å². The van der Waals surface area contributed by atoms with Crippen LogP contribution in [0, 0.1) is 5.92 Å². The standard InChI is InChI=1S/C19H29N3O2/c23-11-4-2-1-3-10-21-13-16-7-8-18(21)15-22(14-16)19(24)17-6-5-9-20-12-17/h5-6,9,12,16,18,23H,1-4,7-8,10-11,13-15H2/t16-,18-/m0/s1. The Kier molecular flexibility index (Phi) is 6.21. The third-order valence-electron chi connectivity index (χ3n) is 5.38. The Morgan fingerprint density at radius 2 is 2.04 bits per heavy atom. The second kappa shape index (κ2) is 8.58. The predicted molar refractivity (Wildman–Crippen MR) is 93.8 cm³/mol. The van der Waals surface area contributed by atoms with Crippen LogP contribution in [0.2, 0.25) is 0 Å². The Bertz CT molecular complexity index is 523. The second-order valence-electron chi connectivity index (χ2n) is 7.18. The maximum atomic E-state index is 12.8. The molecule has 3 saturated heterocycles. The van der Waals surface area contributed by atoms with Crippen molar-refractivity contribution in [2.24, 2.45) is 5.92 Å². The molecular formula is C19H29N3O2. The Morgan fingerprint density at radius 3 is 2.83 bits per heavy atom. The first kappa shape index (κ1) is 17.4. The molecule has 3 fully saturated rings. The Morgan fingerprint density at radius 1 is 1.17 bits per heavy atom. The third kappa shape index (κ3) is 4.33. The van der Waals surface area contributed by atoms with Crippen LogP contribution >= 0.6 is 0 Å². The number of piperidine rings is 1. The summed E-state index contributed by atoms with van der Waals surface area (Å²) >= 11 is 0. The summed E-state index contributed by atoms with van der Waals surface area (Å²) in [5.41, 5.74) is 0.703. The fourth-order valence-corrected chi connectivity index (χ4v) is 4.07. The van der Waals surface area contributed by atoms with Crippen LogP contribution in [0.3, 0.4) is 0 Å². The van der Waals surface area contributed by atoms with Crippen LogP contribution in [-0.2, 0) is 0 Å². The fourth-order valence-electron chi connectivity index (χ4n) is 4.07. The molecule has 3 aliphatic heterocycles. The molecule has 0 unspecified atom stereocenters. The molecule has 2 bridgehead atoms. The van der Waals surface area contributed by atoms with Gasteiger partial charge in [-0.2, -0.15) is 0 Å². The normalized spacial score (nSPS) is 24.1. The quantitative estimate of drug-likeness (QED) is 0.778. The zero-order valence-electron chi connectivity index (χ0n) is 14.4. The van der Waals surface area contributed by atoms with Gasteiger partial charge in [0.25, 0.3) is 5.91 Å². The summed E-state index contributed by atoms with van der Waals surface area (Å²) in [6.07, 6.45) is 10.2. The van der Waals surface area contributed by atoms with Gasteiger partial charge >= 0.3 is 0 Å². The number of rotatable bonds is 7. The summed E-state index contributed by atoms with van der Waals surface area (Å²) in [4.78, 5) is 21.5. The van der Waals surface area contributed by atoms with E-state index in [1.54, 1.807) is 12.4 Å². The molecule has 0 aliphatic carbocycles. The van der Waals surface area contributed by atoms with E-state index in [2.05, 4.69) is 9.88 Å². The van der Waals surface area contributed by atoms with Crippen LogP contribution in [0.25, 0.3) is 0 Å². The van der Waals surface area contributed by atoms with Gasteiger partial charge in [0, 0.05) is 44.7 Å². The zero-order valence-corrected chi connectivity index (χ0v) is 14.4. The fraction of sp³-hybridized carbons (Fsp3) is 0.684. The number of amides is 1. The van der Waals surface area contributed by atoms with Crippen molar-refractivity contribution in [2.45, 2.75) is 44.6 Å². The van der Waals surface area contributed by atoms with E-state index in [-0.39, 0.29) is 5.91 Å². The van der Waals surface area contributed by atoms with Crippen LogP contribution in [0.15, 0.2) is 24.5 Å². The molecule has 3 aliphatic rings. The van der Waals surface area contributed by atoms with E-state index >= 15 is 0 Å². The Labute approximate surface area is 144 Å². The summed E-state index contributed by atoms with van der Waals surface area (Å²) in [5, 5.41) is 8.86. The van der Waals surface area contributed by atoms with Gasteiger partial charge in [0.1, 0.15) is 0 Å². The minimum Gasteiger partial charge on any atom is -0.396 e. The lowest BCUT2D eigenvalue weighted by Gasteiger charge is -2.36. The van der Waals surface area contributed by atoms with Crippen molar-refractivity contribution in [3.05, 3.63) is 30.1 Å². The van der Waals surface area contributed by atoms with E-state index in [1.807, 2.05) is 17.0 Å². The molecule has 4 rings (SSSR count). The minimum absolute atomic E-state index is 0.129. The molecule has 132 valence electrons. The van der Waals surface area contributed by atoms with Crippen molar-refractivity contribution in [1.29, 1.82) is 0 Å². The molecule has 0 aromatic carbocycles. The molecule has 24 heavy (non-hydrogen) atoms. The van der Waals surface area contributed by atoms with E-state index in [0.29, 0.717) is 24.1 Å². The molecule has 0 saturated carbocycles. The first-order valence-electron chi connectivity index (χ1n) is 9.32. The molecule has 1 aromatic heterocycles. The molecular weight excluding hydrogens is 302 g/mol. The highest BCUT2D eigenvalue weighted by molar-refractivity contribution is 5.93. The van der Waals surface area contributed by atoms with Gasteiger partial charge in [-0.1, -0.05) is 12.8 Å². The number of aromatic nitrogens is 1. The van der Waals surface area contributed by atoms with E-state index in [1.165, 1.54) is 25.7 Å². The highest BCUT2D eigenvalue weighted by atomic mass is 16.2. The first-order chi connectivity index (χ1) is 11.8. The number of nitrogens with zero attached hydrogens (tertiary/aromatic N) is 3. The average molecular weight is 331 g/mol. The lowest BCUT2D eigenvalue weighted by atomic mass is 9.94. The van der Waals surface area contributed by atoms with Gasteiger partial charge in [0.2, 0.25) is 0 Å². The van der Waals surface area contributed by atoms with Crippen molar-refractivity contribution in [2.75, 3.05) is 32.8 Å². The highest BCUT2D eigenvalue weighted by Crippen LogP contribution is 2.29. The summed E-state index contributed by atoms with van der Waals surface area (Å²) in [6, 6.07) is 4.20. The second-order valence-corrected chi connectivity index (χ2v) is 7.18. The summed E-state index contributed by atoms with van der Waals surface area (Å²) in [6.45, 7) is 4.29. The molecule has 0 radical (unpaired) electrons. The van der Waals surface area contributed by atoms with Gasteiger partial charge in [-0.05, 0) is 50.3 Å². The van der Waals surface area contributed by atoms with Crippen LogP contribution < -0.4 is 0 Å². The Balaban J connectivity index is 1.56. The molecule has 5 heteroatoms. The van der Waals surface area contributed by atoms with E-state index in [0.717, 1.165) is 39.0 Å². The number of carbonyl (C=O) groups is 1. The molecule has 0 spiro atoms. The average Bonchev–Trinajstić information content (AvgIpc) is 2.93. The summed E-state index contributed by atoms with van der Waals surface area (Å²) < 4.78 is 0. The van der Waals surface area contributed by atoms with Crippen molar-refractivity contribution >= 4 is 5.91 Å². The summed E-state index contributed by atoms with van der Waals surface area (Å²) in [7, 11) is 0. The first-order valence-corrected chi connectivity index (χ1v) is 9.32. The molecule has 5 nitrogen and oxygen atoms in total. The number of fused-ring (bicyclic) bond motifs is 4. The third-order valence-corrected chi connectivity index (χ3v) is 5.38. The van der Waals surface area contributed by atoms with Gasteiger partial charge in [0.05, 0.1) is 5.56 Å². The van der Waals surface area contributed by atoms with Gasteiger partial charge in [-0.25, -0.2) is 0 Å². The van der Waals surface area contributed by atoms with E-state index < -0.39 is 0 Å². The van der Waals surface area contributed by atoms with Crippen LogP contribution in [0.1, 0.15) is 48.9 Å². The maximum Gasteiger partial charge on any atom is 0.255 e. The highest BCUT2D eigenvalue weighted by Gasteiger charge is 2.36. The van der Waals surface area contributed by atoms with E-state index in [9.17, 15) is 4.79 Å². The van der Waals surface area contributed by atoms with Crippen molar-refractivity contribution in [1.82, 2.24) is 14.8 Å². The lowest BCUT2D eigenvalue weighted by molar-refractivity contribution is 0.0737. The zero-order chi connectivity index (χ0) is 16.8. The Hall–Kier alpha value is -1.46. The number of hydrogen-bond donors (Lipinski definition) is 1. The molecule has 4 heterocycles. The van der Waals surface area contributed by atoms with Crippen LogP contribution in [-0.4, -0.2) is 64.6 Å². The SMILES string of the molecule is O=C(c1cccnc1)N1C[C@H]2CC[C@@H](C1)N(CCCCCCO)C2. The number of pyridine rings is 1. The minimum atomic E-state index is 0.129. The largest absolute Gasteiger partial charge is 0.396 e. The molecule has 2 atom stereocenters. The number of unbranched alkanes of at least 4 members (excludes halogenated alkanes) is 3. The number of hydrogen-bond acceptors (Lipinski definition) is 4. The topological polar surface area (TPSA) is 56.7 Å². The monoisotopic (exact) mass is 331 g/mol. The van der Waals surface area contributed by atoms with Crippen molar-refractivity contribution in [3.63, 3.8) is 0 Å².